The normalized spacial score (nSPS) is 10.9. The van der Waals surface area contributed by atoms with Gasteiger partial charge in [0.1, 0.15) is 12.4 Å². The van der Waals surface area contributed by atoms with Crippen LogP contribution in [0.2, 0.25) is 5.02 Å². The molecule has 3 aromatic heterocycles. The molecule has 4 rings (SSSR count). The molecule has 3 heterocycles. The van der Waals surface area contributed by atoms with E-state index in [0.29, 0.717) is 16.5 Å². The summed E-state index contributed by atoms with van der Waals surface area (Å²) in [4.78, 5) is 20.9. The molecule has 0 atom stereocenters. The second kappa shape index (κ2) is 7.17. The van der Waals surface area contributed by atoms with Crippen molar-refractivity contribution >= 4 is 34.4 Å². The van der Waals surface area contributed by atoms with Crippen LogP contribution in [0.15, 0.2) is 60.9 Å². The molecular weight excluding hydrogens is 362 g/mol. The van der Waals surface area contributed by atoms with Gasteiger partial charge in [0.15, 0.2) is 5.65 Å². The quantitative estimate of drug-likeness (QED) is 0.581. The second-order valence-electron chi connectivity index (χ2n) is 6.08. The zero-order valence-corrected chi connectivity index (χ0v) is 15.3. The highest BCUT2D eigenvalue weighted by Crippen LogP contribution is 2.29. The van der Waals surface area contributed by atoms with Crippen molar-refractivity contribution in [1.82, 2.24) is 19.7 Å². The van der Waals surface area contributed by atoms with Gasteiger partial charge in [0.25, 0.3) is 0 Å². The van der Waals surface area contributed by atoms with E-state index in [9.17, 15) is 4.79 Å². The monoisotopic (exact) mass is 377 g/mol. The van der Waals surface area contributed by atoms with Gasteiger partial charge in [-0.25, -0.2) is 14.6 Å². The number of aromatic nitrogens is 4. The standard InChI is InChI=1S/C20H16ClN5O/c1-13-19-16(14-5-3-2-4-6-14)9-10-22-20(19)26(25-13)12-18(27)24-17-8-7-15(21)11-23-17/h2-11H,12H2,1H3,(H,23,24,27). The van der Waals surface area contributed by atoms with Gasteiger partial charge < -0.3 is 5.32 Å². The van der Waals surface area contributed by atoms with Crippen LogP contribution < -0.4 is 5.32 Å². The molecule has 0 saturated heterocycles. The largest absolute Gasteiger partial charge is 0.309 e. The molecule has 0 bridgehead atoms. The number of aryl methyl sites for hydroxylation is 1. The minimum atomic E-state index is -0.235. The lowest BCUT2D eigenvalue weighted by atomic mass is 10.0. The number of nitrogens with one attached hydrogen (secondary N) is 1. The van der Waals surface area contributed by atoms with Crippen molar-refractivity contribution in [2.75, 3.05) is 5.32 Å². The van der Waals surface area contributed by atoms with Gasteiger partial charge in [-0.2, -0.15) is 5.10 Å². The number of amides is 1. The Hall–Kier alpha value is -3.25. The van der Waals surface area contributed by atoms with Crippen LogP contribution in [-0.4, -0.2) is 25.7 Å². The number of hydrogen-bond acceptors (Lipinski definition) is 4. The molecule has 0 saturated carbocycles. The molecule has 0 aliphatic carbocycles. The third kappa shape index (κ3) is 3.52. The fourth-order valence-electron chi connectivity index (χ4n) is 3.02. The molecule has 1 aromatic carbocycles. The van der Waals surface area contributed by atoms with Gasteiger partial charge in [0.2, 0.25) is 5.91 Å². The number of hydrogen-bond donors (Lipinski definition) is 1. The van der Waals surface area contributed by atoms with Crippen molar-refractivity contribution < 1.29 is 4.79 Å². The summed E-state index contributed by atoms with van der Waals surface area (Å²) in [6.07, 6.45) is 3.22. The van der Waals surface area contributed by atoms with Crippen LogP contribution >= 0.6 is 11.6 Å². The summed E-state index contributed by atoms with van der Waals surface area (Å²) >= 11 is 5.81. The number of rotatable bonds is 4. The third-order valence-corrected chi connectivity index (χ3v) is 4.40. The molecule has 0 aliphatic rings. The lowest BCUT2D eigenvalue weighted by Gasteiger charge is -2.06. The number of fused-ring (bicyclic) bond motifs is 1. The second-order valence-corrected chi connectivity index (χ2v) is 6.51. The average molecular weight is 378 g/mol. The van der Waals surface area contributed by atoms with Crippen LogP contribution in [0.3, 0.4) is 0 Å². The van der Waals surface area contributed by atoms with Gasteiger partial charge in [0, 0.05) is 17.8 Å². The number of anilines is 1. The zero-order chi connectivity index (χ0) is 18.8. The van der Waals surface area contributed by atoms with Crippen molar-refractivity contribution in [3.63, 3.8) is 0 Å². The zero-order valence-electron chi connectivity index (χ0n) is 14.6. The fourth-order valence-corrected chi connectivity index (χ4v) is 3.13. The highest BCUT2D eigenvalue weighted by Gasteiger charge is 2.16. The molecule has 4 aromatic rings. The Balaban J connectivity index is 1.65. The first kappa shape index (κ1) is 17.2. The maximum absolute atomic E-state index is 12.4. The first-order valence-corrected chi connectivity index (χ1v) is 8.78. The molecule has 0 fully saturated rings. The number of benzene rings is 1. The molecule has 1 N–H and O–H groups in total. The SMILES string of the molecule is Cc1nn(CC(=O)Nc2ccc(Cl)cn2)c2nccc(-c3ccccc3)c12. The van der Waals surface area contributed by atoms with Gasteiger partial charge in [0.05, 0.1) is 10.7 Å². The molecule has 0 radical (unpaired) electrons. The van der Waals surface area contributed by atoms with E-state index in [-0.39, 0.29) is 12.5 Å². The molecule has 134 valence electrons. The van der Waals surface area contributed by atoms with Crippen LogP contribution in [0.4, 0.5) is 5.82 Å². The van der Waals surface area contributed by atoms with E-state index in [0.717, 1.165) is 22.2 Å². The van der Waals surface area contributed by atoms with E-state index in [4.69, 9.17) is 11.6 Å². The lowest BCUT2D eigenvalue weighted by molar-refractivity contribution is -0.116. The van der Waals surface area contributed by atoms with Crippen molar-refractivity contribution in [3.05, 3.63) is 71.6 Å². The number of nitrogens with zero attached hydrogens (tertiary/aromatic N) is 4. The van der Waals surface area contributed by atoms with Crippen LogP contribution in [0.1, 0.15) is 5.69 Å². The van der Waals surface area contributed by atoms with Gasteiger partial charge in [-0.05, 0) is 36.2 Å². The van der Waals surface area contributed by atoms with Crippen LogP contribution in [-0.2, 0) is 11.3 Å². The highest BCUT2D eigenvalue weighted by atomic mass is 35.5. The predicted octanol–water partition coefficient (Wildman–Crippen LogP) is 4.09. The van der Waals surface area contributed by atoms with Crippen molar-refractivity contribution in [3.8, 4) is 11.1 Å². The molecule has 6 nitrogen and oxygen atoms in total. The highest BCUT2D eigenvalue weighted by molar-refractivity contribution is 6.30. The minimum Gasteiger partial charge on any atom is -0.309 e. The Labute approximate surface area is 160 Å². The summed E-state index contributed by atoms with van der Waals surface area (Å²) < 4.78 is 1.61. The van der Waals surface area contributed by atoms with Crippen LogP contribution in [0.25, 0.3) is 22.2 Å². The summed E-state index contributed by atoms with van der Waals surface area (Å²) in [5.41, 5.74) is 3.63. The van der Waals surface area contributed by atoms with Crippen LogP contribution in [0, 0.1) is 6.92 Å². The Bertz CT molecular complexity index is 1110. The van der Waals surface area contributed by atoms with E-state index in [1.165, 1.54) is 6.20 Å². The van der Waals surface area contributed by atoms with Gasteiger partial charge in [-0.1, -0.05) is 41.9 Å². The van der Waals surface area contributed by atoms with E-state index in [2.05, 4.69) is 20.4 Å². The Morgan fingerprint density at radius 3 is 2.67 bits per heavy atom. The van der Waals surface area contributed by atoms with Gasteiger partial charge in [-0.15, -0.1) is 0 Å². The lowest BCUT2D eigenvalue weighted by Crippen LogP contribution is -2.20. The molecule has 27 heavy (non-hydrogen) atoms. The first-order valence-electron chi connectivity index (χ1n) is 8.41. The molecule has 7 heteroatoms. The maximum Gasteiger partial charge on any atom is 0.247 e. The Morgan fingerprint density at radius 2 is 1.93 bits per heavy atom. The third-order valence-electron chi connectivity index (χ3n) is 4.18. The van der Waals surface area contributed by atoms with Crippen molar-refractivity contribution in [2.24, 2.45) is 0 Å². The van der Waals surface area contributed by atoms with Gasteiger partial charge >= 0.3 is 0 Å². The minimum absolute atomic E-state index is 0.0416. The average Bonchev–Trinajstić information content (AvgIpc) is 3.00. The molecule has 0 aliphatic heterocycles. The van der Waals surface area contributed by atoms with Gasteiger partial charge in [-0.3, -0.25) is 4.79 Å². The maximum atomic E-state index is 12.4. The van der Waals surface area contributed by atoms with E-state index >= 15 is 0 Å². The fraction of sp³-hybridized carbons (Fsp3) is 0.100. The number of carbonyl (C=O) groups excluding carboxylic acids is 1. The Kier molecular flexibility index (Phi) is 4.56. The summed E-state index contributed by atoms with van der Waals surface area (Å²) in [5, 5.41) is 8.72. The number of halogens is 1. The van der Waals surface area contributed by atoms with E-state index in [1.54, 1.807) is 23.0 Å². The first-order chi connectivity index (χ1) is 13.1. The predicted molar refractivity (Wildman–Crippen MR) is 106 cm³/mol. The Morgan fingerprint density at radius 1 is 1.11 bits per heavy atom. The van der Waals surface area contributed by atoms with Crippen molar-refractivity contribution in [1.29, 1.82) is 0 Å². The molecule has 0 spiro atoms. The summed E-state index contributed by atoms with van der Waals surface area (Å²) in [7, 11) is 0. The number of carbonyl (C=O) groups is 1. The van der Waals surface area contributed by atoms with E-state index < -0.39 is 0 Å². The summed E-state index contributed by atoms with van der Waals surface area (Å²) in [5.74, 6) is 0.205. The molecule has 0 unspecified atom stereocenters. The summed E-state index contributed by atoms with van der Waals surface area (Å²) in [6, 6.07) is 15.3. The smallest absolute Gasteiger partial charge is 0.247 e. The van der Waals surface area contributed by atoms with Crippen molar-refractivity contribution in [2.45, 2.75) is 13.5 Å². The van der Waals surface area contributed by atoms with Crippen LogP contribution in [0.5, 0.6) is 0 Å². The summed E-state index contributed by atoms with van der Waals surface area (Å²) in [6.45, 7) is 1.96. The molecular formula is C20H16ClN5O. The molecule has 1 amide bonds. The topological polar surface area (TPSA) is 72.7 Å². The number of pyridine rings is 2. The van der Waals surface area contributed by atoms with E-state index in [1.807, 2.05) is 43.3 Å².